The standard InChI is InChI=1S/C30H43N3O7/c1-29(2,3)39-25(35)15-10-8-7-9-11-18-31-22-14-12-13-20-21(22)19-32(26(20)36)23-16-17-24(34)33(27(23)37)28(38)40-30(4,5)6/h12-14,23,31H,7-11,15-19H2,1-6H3. The number of benzene rings is 1. The van der Waals surface area contributed by atoms with Crippen LogP contribution in [0.3, 0.4) is 0 Å². The van der Waals surface area contributed by atoms with Gasteiger partial charge in [0.25, 0.3) is 11.8 Å². The number of hydrogen-bond acceptors (Lipinski definition) is 8. The summed E-state index contributed by atoms with van der Waals surface area (Å²) in [6, 6.07) is 4.53. The van der Waals surface area contributed by atoms with Crippen LogP contribution < -0.4 is 5.32 Å². The quantitative estimate of drug-likeness (QED) is 0.237. The molecule has 10 heteroatoms. The van der Waals surface area contributed by atoms with Crippen molar-refractivity contribution in [2.45, 2.75) is 117 Å². The number of amides is 4. The summed E-state index contributed by atoms with van der Waals surface area (Å²) in [5.74, 6) is -1.80. The largest absolute Gasteiger partial charge is 0.460 e. The van der Waals surface area contributed by atoms with Crippen molar-refractivity contribution in [3.8, 4) is 0 Å². The van der Waals surface area contributed by atoms with Crippen LogP contribution in [0.25, 0.3) is 0 Å². The first-order valence-corrected chi connectivity index (χ1v) is 14.2. The zero-order chi connectivity index (χ0) is 29.7. The molecule has 1 unspecified atom stereocenters. The second-order valence-electron chi connectivity index (χ2n) is 12.4. The fourth-order valence-corrected chi connectivity index (χ4v) is 4.87. The van der Waals surface area contributed by atoms with Gasteiger partial charge < -0.3 is 19.7 Å². The zero-order valence-corrected chi connectivity index (χ0v) is 24.6. The molecule has 0 saturated carbocycles. The molecule has 40 heavy (non-hydrogen) atoms. The van der Waals surface area contributed by atoms with Gasteiger partial charge in [-0.25, -0.2) is 4.79 Å². The lowest BCUT2D eigenvalue weighted by Crippen LogP contribution is -2.57. The van der Waals surface area contributed by atoms with E-state index in [4.69, 9.17) is 9.47 Å². The summed E-state index contributed by atoms with van der Waals surface area (Å²) in [4.78, 5) is 65.3. The van der Waals surface area contributed by atoms with Gasteiger partial charge in [0.1, 0.15) is 17.2 Å². The first kappa shape index (κ1) is 31.1. The van der Waals surface area contributed by atoms with Crippen LogP contribution in [0.4, 0.5) is 10.5 Å². The Balaban J connectivity index is 1.51. The highest BCUT2D eigenvalue weighted by atomic mass is 16.6. The average molecular weight is 558 g/mol. The summed E-state index contributed by atoms with van der Waals surface area (Å²) in [5, 5.41) is 3.42. The molecule has 220 valence electrons. The molecule has 0 spiro atoms. The lowest BCUT2D eigenvalue weighted by molar-refractivity contribution is -0.155. The second-order valence-corrected chi connectivity index (χ2v) is 12.4. The van der Waals surface area contributed by atoms with Crippen LogP contribution in [0, 0.1) is 0 Å². The van der Waals surface area contributed by atoms with Crippen LogP contribution in [0.5, 0.6) is 0 Å². The molecule has 0 bridgehead atoms. The smallest absolute Gasteiger partial charge is 0.424 e. The number of ether oxygens (including phenoxy) is 2. The molecule has 1 atom stereocenters. The van der Waals surface area contributed by atoms with E-state index in [-0.39, 0.29) is 31.3 Å². The predicted octanol–water partition coefficient (Wildman–Crippen LogP) is 5.19. The molecule has 1 fully saturated rings. The first-order valence-electron chi connectivity index (χ1n) is 14.2. The van der Waals surface area contributed by atoms with E-state index in [0.717, 1.165) is 49.9 Å². The molecule has 2 heterocycles. The van der Waals surface area contributed by atoms with E-state index >= 15 is 0 Å². The minimum absolute atomic E-state index is 0.0291. The Kier molecular flexibility index (Phi) is 9.97. The van der Waals surface area contributed by atoms with E-state index in [1.54, 1.807) is 32.9 Å². The minimum atomic E-state index is -1.01. The van der Waals surface area contributed by atoms with Crippen LogP contribution in [-0.2, 0) is 30.4 Å². The molecule has 0 radical (unpaired) electrons. The number of imide groups is 3. The lowest BCUT2D eigenvalue weighted by Gasteiger charge is -2.35. The molecular weight excluding hydrogens is 514 g/mol. The van der Waals surface area contributed by atoms with Crippen molar-refractivity contribution in [2.24, 2.45) is 0 Å². The average Bonchev–Trinajstić information content (AvgIpc) is 3.15. The third-order valence-electron chi connectivity index (χ3n) is 6.63. The van der Waals surface area contributed by atoms with Crippen LogP contribution in [-0.4, -0.2) is 63.4 Å². The van der Waals surface area contributed by atoms with Gasteiger partial charge in [0.15, 0.2) is 0 Å². The lowest BCUT2D eigenvalue weighted by atomic mass is 10.0. The Labute approximate surface area is 236 Å². The van der Waals surface area contributed by atoms with Crippen molar-refractivity contribution in [1.29, 1.82) is 0 Å². The van der Waals surface area contributed by atoms with Gasteiger partial charge in [-0.3, -0.25) is 19.2 Å². The fraction of sp³-hybridized carbons (Fsp3) is 0.633. The molecule has 1 N–H and O–H groups in total. The first-order chi connectivity index (χ1) is 18.7. The van der Waals surface area contributed by atoms with Crippen molar-refractivity contribution < 1.29 is 33.4 Å². The number of carbonyl (C=O) groups excluding carboxylic acids is 5. The topological polar surface area (TPSA) is 122 Å². The molecule has 1 aromatic rings. The number of likely N-dealkylation sites (tertiary alicyclic amines) is 1. The summed E-state index contributed by atoms with van der Waals surface area (Å²) in [6.07, 6.45) is 4.28. The van der Waals surface area contributed by atoms with Gasteiger partial charge in [0.2, 0.25) is 5.91 Å². The van der Waals surface area contributed by atoms with E-state index in [1.807, 2.05) is 26.8 Å². The number of nitrogens with one attached hydrogen (secondary N) is 1. The van der Waals surface area contributed by atoms with Gasteiger partial charge in [-0.1, -0.05) is 25.3 Å². The maximum absolute atomic E-state index is 13.3. The maximum Gasteiger partial charge on any atom is 0.424 e. The Bertz CT molecular complexity index is 1130. The van der Waals surface area contributed by atoms with Crippen molar-refractivity contribution in [2.75, 3.05) is 11.9 Å². The molecule has 0 aromatic heterocycles. The number of hydrogen-bond donors (Lipinski definition) is 1. The number of anilines is 1. The summed E-state index contributed by atoms with van der Waals surface area (Å²) in [6.45, 7) is 11.5. The van der Waals surface area contributed by atoms with E-state index in [9.17, 15) is 24.0 Å². The minimum Gasteiger partial charge on any atom is -0.460 e. The van der Waals surface area contributed by atoms with Gasteiger partial charge in [0.05, 0.1) is 0 Å². The van der Waals surface area contributed by atoms with Gasteiger partial charge in [-0.2, -0.15) is 4.90 Å². The third-order valence-corrected chi connectivity index (χ3v) is 6.63. The molecule has 2 aliphatic heterocycles. The molecular formula is C30H43N3O7. The van der Waals surface area contributed by atoms with E-state index in [1.165, 1.54) is 4.90 Å². The molecule has 0 aliphatic carbocycles. The number of esters is 1. The molecule has 4 amide bonds. The van der Waals surface area contributed by atoms with Crippen molar-refractivity contribution >= 4 is 35.5 Å². The van der Waals surface area contributed by atoms with E-state index < -0.39 is 35.2 Å². The van der Waals surface area contributed by atoms with E-state index in [0.29, 0.717) is 16.9 Å². The molecule has 10 nitrogen and oxygen atoms in total. The Morgan fingerprint density at radius 2 is 1.57 bits per heavy atom. The number of rotatable bonds is 10. The van der Waals surface area contributed by atoms with Crippen LogP contribution in [0.2, 0.25) is 0 Å². The van der Waals surface area contributed by atoms with Gasteiger partial charge in [0, 0.05) is 42.7 Å². The molecule has 3 rings (SSSR count). The number of piperidine rings is 1. The molecule has 1 saturated heterocycles. The van der Waals surface area contributed by atoms with Crippen LogP contribution in [0.15, 0.2) is 18.2 Å². The van der Waals surface area contributed by atoms with Crippen molar-refractivity contribution in [1.82, 2.24) is 9.80 Å². The van der Waals surface area contributed by atoms with Crippen molar-refractivity contribution in [3.63, 3.8) is 0 Å². The zero-order valence-electron chi connectivity index (χ0n) is 24.6. The molecule has 2 aliphatic rings. The van der Waals surface area contributed by atoms with Gasteiger partial charge >= 0.3 is 12.1 Å². The fourth-order valence-electron chi connectivity index (χ4n) is 4.87. The summed E-state index contributed by atoms with van der Waals surface area (Å²) < 4.78 is 10.6. The van der Waals surface area contributed by atoms with E-state index in [2.05, 4.69) is 5.32 Å². The number of nitrogens with zero attached hydrogens (tertiary/aromatic N) is 2. The SMILES string of the molecule is CC(C)(C)OC(=O)CCCCCCCNc1cccc2c1CN(C1CCC(=O)N(C(=O)OC(C)(C)C)C1=O)C2=O. The van der Waals surface area contributed by atoms with Crippen LogP contribution >= 0.6 is 0 Å². The summed E-state index contributed by atoms with van der Waals surface area (Å²) in [5.41, 5.74) is 0.832. The highest BCUT2D eigenvalue weighted by molar-refractivity contribution is 6.13. The molecule has 1 aromatic carbocycles. The Morgan fingerprint density at radius 3 is 2.25 bits per heavy atom. The normalized spacial score (nSPS) is 17.6. The van der Waals surface area contributed by atoms with Gasteiger partial charge in [-0.05, 0) is 72.9 Å². The summed E-state index contributed by atoms with van der Waals surface area (Å²) >= 11 is 0. The predicted molar refractivity (Wildman–Crippen MR) is 149 cm³/mol. The van der Waals surface area contributed by atoms with Gasteiger partial charge in [-0.15, -0.1) is 0 Å². The maximum atomic E-state index is 13.3. The highest BCUT2D eigenvalue weighted by Gasteiger charge is 2.46. The number of carbonyl (C=O) groups is 5. The summed E-state index contributed by atoms with van der Waals surface area (Å²) in [7, 11) is 0. The Morgan fingerprint density at radius 1 is 0.925 bits per heavy atom. The third kappa shape index (κ3) is 8.29. The number of unbranched alkanes of at least 4 members (excludes halogenated alkanes) is 4. The van der Waals surface area contributed by atoms with Crippen molar-refractivity contribution in [3.05, 3.63) is 29.3 Å². The van der Waals surface area contributed by atoms with Crippen LogP contribution in [0.1, 0.15) is 109 Å². The monoisotopic (exact) mass is 557 g/mol. The number of fused-ring (bicyclic) bond motifs is 1. The Hall–Kier alpha value is -3.43. The highest BCUT2D eigenvalue weighted by Crippen LogP contribution is 2.33. The second kappa shape index (κ2) is 12.8.